The third kappa shape index (κ3) is 3.73. The Kier molecular flexibility index (Phi) is 4.84. The maximum atomic E-state index is 12.6. The van der Waals surface area contributed by atoms with Gasteiger partial charge in [0.05, 0.1) is 5.57 Å². The summed E-state index contributed by atoms with van der Waals surface area (Å²) in [6.07, 6.45) is 1.52. The second kappa shape index (κ2) is 7.68. The van der Waals surface area contributed by atoms with E-state index in [0.717, 1.165) is 16.7 Å². The molecular formula is C23H15ClN4O2S. The molecular weight excluding hydrogens is 432 g/mol. The highest BCUT2D eigenvalue weighted by Gasteiger charge is 2.36. The van der Waals surface area contributed by atoms with Crippen LogP contribution in [0.25, 0.3) is 17.4 Å². The van der Waals surface area contributed by atoms with E-state index in [1.165, 1.54) is 22.8 Å². The minimum Gasteiger partial charge on any atom is -0.457 e. The number of rotatable bonds is 3. The van der Waals surface area contributed by atoms with E-state index in [1.54, 1.807) is 24.3 Å². The van der Waals surface area contributed by atoms with Gasteiger partial charge in [-0.2, -0.15) is 15.1 Å². The lowest BCUT2D eigenvalue weighted by Gasteiger charge is -2.19. The Morgan fingerprint density at radius 2 is 1.90 bits per heavy atom. The van der Waals surface area contributed by atoms with Gasteiger partial charge in [-0.15, -0.1) is 0 Å². The van der Waals surface area contributed by atoms with Gasteiger partial charge >= 0.3 is 0 Å². The van der Waals surface area contributed by atoms with Gasteiger partial charge in [0, 0.05) is 16.1 Å². The first kappa shape index (κ1) is 19.5. The van der Waals surface area contributed by atoms with E-state index in [0.29, 0.717) is 26.8 Å². The molecule has 5 rings (SSSR count). The summed E-state index contributed by atoms with van der Waals surface area (Å²) in [5.74, 6) is 0.525. The minimum absolute atomic E-state index is 0.0362. The van der Waals surface area contributed by atoms with Gasteiger partial charge in [0.15, 0.2) is 5.84 Å². The molecule has 8 heteroatoms. The second-order valence-corrected chi connectivity index (χ2v) is 8.40. The van der Waals surface area contributed by atoms with E-state index < -0.39 is 5.91 Å². The highest BCUT2D eigenvalue weighted by atomic mass is 35.5. The Balaban J connectivity index is 1.45. The number of aryl methyl sites for hydroxylation is 1. The molecule has 0 radical (unpaired) electrons. The molecule has 2 aliphatic heterocycles. The zero-order valence-electron chi connectivity index (χ0n) is 16.3. The summed E-state index contributed by atoms with van der Waals surface area (Å²) < 4.78 is 5.85. The van der Waals surface area contributed by atoms with Crippen molar-refractivity contribution in [3.8, 4) is 11.3 Å². The molecule has 0 aliphatic carbocycles. The van der Waals surface area contributed by atoms with Gasteiger partial charge in [-0.1, -0.05) is 47.5 Å². The van der Waals surface area contributed by atoms with Gasteiger partial charge in [-0.25, -0.2) is 0 Å². The van der Waals surface area contributed by atoms with Crippen LogP contribution in [-0.4, -0.2) is 27.0 Å². The zero-order chi connectivity index (χ0) is 21.5. The minimum atomic E-state index is -0.495. The second-order valence-electron chi connectivity index (χ2n) is 7.01. The van der Waals surface area contributed by atoms with Crippen LogP contribution >= 0.6 is 23.4 Å². The van der Waals surface area contributed by atoms with Gasteiger partial charge in [0.25, 0.3) is 5.91 Å². The Labute approximate surface area is 187 Å². The maximum Gasteiger partial charge on any atom is 0.283 e. The van der Waals surface area contributed by atoms with Crippen LogP contribution in [0, 0.1) is 12.3 Å². The first-order valence-corrected chi connectivity index (χ1v) is 10.6. The summed E-state index contributed by atoms with van der Waals surface area (Å²) in [6.45, 7) is 2.00. The summed E-state index contributed by atoms with van der Waals surface area (Å²) in [7, 11) is 0. The van der Waals surface area contributed by atoms with Gasteiger partial charge in [0.1, 0.15) is 16.6 Å². The van der Waals surface area contributed by atoms with Gasteiger partial charge in [0.2, 0.25) is 5.17 Å². The number of halogens is 1. The van der Waals surface area contributed by atoms with E-state index in [-0.39, 0.29) is 11.4 Å². The summed E-state index contributed by atoms with van der Waals surface area (Å²) in [5.41, 5.74) is 2.97. The largest absolute Gasteiger partial charge is 0.457 e. The molecule has 0 bridgehead atoms. The first-order chi connectivity index (χ1) is 15.0. The fourth-order valence-corrected chi connectivity index (χ4v) is 4.33. The molecule has 6 nitrogen and oxygen atoms in total. The quantitative estimate of drug-likeness (QED) is 0.533. The number of furan rings is 1. The number of hydrazone groups is 1. The third-order valence-corrected chi connectivity index (χ3v) is 5.93. The van der Waals surface area contributed by atoms with Crippen molar-refractivity contribution in [1.29, 1.82) is 5.41 Å². The standard InChI is InChI=1S/C23H15ClN4O2S/c1-13-4-2-6-15(10-13)22-27-28-20(25)18(21(29)26-23(28)31-22)12-17-8-9-19(30-17)14-5-3-7-16(24)11-14/h2-12,25H,1H3/b18-12+,25-20?. The SMILES string of the molecule is Cc1cccc(C2=NN3C(=N)/C(=C\c4ccc(-c5cccc(Cl)c5)o4)C(=O)N=C3S2)c1. The van der Waals surface area contributed by atoms with Crippen LogP contribution < -0.4 is 0 Å². The summed E-state index contributed by atoms with van der Waals surface area (Å²) in [6, 6.07) is 18.7. The molecule has 31 heavy (non-hydrogen) atoms. The van der Waals surface area contributed by atoms with Crippen molar-refractivity contribution in [1.82, 2.24) is 5.01 Å². The van der Waals surface area contributed by atoms with Crippen molar-refractivity contribution in [2.24, 2.45) is 10.1 Å². The Morgan fingerprint density at radius 1 is 1.10 bits per heavy atom. The molecule has 3 heterocycles. The maximum absolute atomic E-state index is 12.6. The van der Waals surface area contributed by atoms with Crippen molar-refractivity contribution >= 4 is 51.4 Å². The molecule has 1 aromatic heterocycles. The van der Waals surface area contributed by atoms with E-state index in [1.807, 2.05) is 43.3 Å². The van der Waals surface area contributed by atoms with E-state index >= 15 is 0 Å². The molecule has 2 aromatic carbocycles. The number of fused-ring (bicyclic) bond motifs is 1. The van der Waals surface area contributed by atoms with Crippen molar-refractivity contribution < 1.29 is 9.21 Å². The van der Waals surface area contributed by atoms with Crippen molar-refractivity contribution in [2.45, 2.75) is 6.92 Å². The van der Waals surface area contributed by atoms with Crippen LogP contribution in [0.3, 0.4) is 0 Å². The summed E-state index contributed by atoms with van der Waals surface area (Å²) in [5, 5.41) is 16.1. The average molecular weight is 447 g/mol. The molecule has 0 unspecified atom stereocenters. The first-order valence-electron chi connectivity index (χ1n) is 9.41. The lowest BCUT2D eigenvalue weighted by Crippen LogP contribution is -2.35. The predicted octanol–water partition coefficient (Wildman–Crippen LogP) is 5.58. The molecule has 3 aromatic rings. The van der Waals surface area contributed by atoms with Gasteiger partial charge in [-0.3, -0.25) is 10.2 Å². The lowest BCUT2D eigenvalue weighted by atomic mass is 10.1. The topological polar surface area (TPSA) is 82.0 Å². The predicted molar refractivity (Wildman–Crippen MR) is 124 cm³/mol. The van der Waals surface area contributed by atoms with E-state index in [9.17, 15) is 4.79 Å². The molecule has 152 valence electrons. The molecule has 0 fully saturated rings. The summed E-state index contributed by atoms with van der Waals surface area (Å²) in [4.78, 5) is 16.8. The number of benzene rings is 2. The molecule has 0 saturated heterocycles. The molecule has 0 saturated carbocycles. The molecule has 1 N–H and O–H groups in total. The Morgan fingerprint density at radius 3 is 2.71 bits per heavy atom. The van der Waals surface area contributed by atoms with E-state index in [4.69, 9.17) is 21.4 Å². The normalized spacial score (nSPS) is 17.1. The number of aliphatic imine (C=N–C) groups is 1. The van der Waals surface area contributed by atoms with Crippen LogP contribution in [0.2, 0.25) is 5.02 Å². The zero-order valence-corrected chi connectivity index (χ0v) is 17.9. The highest BCUT2D eigenvalue weighted by molar-refractivity contribution is 8.27. The molecule has 2 aliphatic rings. The van der Waals surface area contributed by atoms with E-state index in [2.05, 4.69) is 10.1 Å². The fraction of sp³-hybridized carbons (Fsp3) is 0.0435. The van der Waals surface area contributed by atoms with Crippen molar-refractivity contribution in [2.75, 3.05) is 0 Å². The number of hydrogen-bond acceptors (Lipinski definition) is 5. The smallest absolute Gasteiger partial charge is 0.283 e. The number of hydrogen-bond donors (Lipinski definition) is 1. The van der Waals surface area contributed by atoms with Crippen LogP contribution in [0.1, 0.15) is 16.9 Å². The number of thioether (sulfide) groups is 1. The van der Waals surface area contributed by atoms with Crippen molar-refractivity contribution in [3.05, 3.63) is 88.1 Å². The van der Waals surface area contributed by atoms with Crippen LogP contribution in [-0.2, 0) is 4.79 Å². The Hall–Kier alpha value is -3.42. The molecule has 0 spiro atoms. The van der Waals surface area contributed by atoms with Gasteiger partial charge < -0.3 is 4.42 Å². The lowest BCUT2D eigenvalue weighted by molar-refractivity contribution is -0.114. The number of carbonyl (C=O) groups is 1. The molecule has 0 atom stereocenters. The number of nitrogens with one attached hydrogen (secondary N) is 1. The summed E-state index contributed by atoms with van der Waals surface area (Å²) >= 11 is 7.33. The van der Waals surface area contributed by atoms with Crippen LogP contribution in [0.5, 0.6) is 0 Å². The number of amidine groups is 2. The average Bonchev–Trinajstić information content (AvgIpc) is 3.38. The molecule has 1 amide bonds. The third-order valence-electron chi connectivity index (χ3n) is 4.74. The van der Waals surface area contributed by atoms with Crippen LogP contribution in [0.15, 0.2) is 80.7 Å². The van der Waals surface area contributed by atoms with Gasteiger partial charge in [-0.05, 0) is 55.1 Å². The fourth-order valence-electron chi connectivity index (χ4n) is 3.26. The Bertz CT molecular complexity index is 1340. The number of amides is 1. The monoisotopic (exact) mass is 446 g/mol. The van der Waals surface area contributed by atoms with Crippen LogP contribution in [0.4, 0.5) is 0 Å². The van der Waals surface area contributed by atoms with Crippen molar-refractivity contribution in [3.63, 3.8) is 0 Å². The highest BCUT2D eigenvalue weighted by Crippen LogP contribution is 2.32. The number of carbonyl (C=O) groups excluding carboxylic acids is 1. The number of nitrogens with zero attached hydrogens (tertiary/aromatic N) is 3.